The minimum atomic E-state index is 0.175. The Morgan fingerprint density at radius 1 is 1.64 bits per heavy atom. The molecule has 0 radical (unpaired) electrons. The summed E-state index contributed by atoms with van der Waals surface area (Å²) in [5.74, 6) is 0.563. The minimum absolute atomic E-state index is 0.175. The van der Waals surface area contributed by atoms with Crippen LogP contribution in [0.15, 0.2) is 6.20 Å². The number of aromatic nitrogens is 3. The summed E-state index contributed by atoms with van der Waals surface area (Å²) < 4.78 is 1.53. The topological polar surface area (TPSA) is 73.8 Å². The first kappa shape index (κ1) is 10.8. The maximum atomic E-state index is 11.4. The normalized spacial score (nSPS) is 10.9. The van der Waals surface area contributed by atoms with Gasteiger partial charge in [0.2, 0.25) is 0 Å². The van der Waals surface area contributed by atoms with E-state index in [9.17, 15) is 4.79 Å². The summed E-state index contributed by atoms with van der Waals surface area (Å²) in [5.41, 5.74) is 6.08. The van der Waals surface area contributed by atoms with Gasteiger partial charge in [-0.05, 0) is 5.92 Å². The second-order valence-electron chi connectivity index (χ2n) is 3.75. The second kappa shape index (κ2) is 4.85. The van der Waals surface area contributed by atoms with Gasteiger partial charge in [-0.25, -0.2) is 4.68 Å². The SMILES string of the molecule is CC(C)CC(=O)Cn1cc(CN)nn1. The zero-order valence-electron chi connectivity index (χ0n) is 8.60. The lowest BCUT2D eigenvalue weighted by molar-refractivity contribution is -0.120. The molecule has 0 saturated heterocycles. The first-order chi connectivity index (χ1) is 6.61. The fraction of sp³-hybridized carbons (Fsp3) is 0.667. The highest BCUT2D eigenvalue weighted by molar-refractivity contribution is 5.78. The van der Waals surface area contributed by atoms with E-state index in [1.807, 2.05) is 13.8 Å². The number of nitrogens with zero attached hydrogens (tertiary/aromatic N) is 3. The van der Waals surface area contributed by atoms with Crippen LogP contribution in [-0.4, -0.2) is 20.8 Å². The molecule has 0 saturated carbocycles. The van der Waals surface area contributed by atoms with E-state index in [1.165, 1.54) is 4.68 Å². The zero-order valence-corrected chi connectivity index (χ0v) is 8.60. The van der Waals surface area contributed by atoms with Crippen LogP contribution in [-0.2, 0) is 17.9 Å². The van der Waals surface area contributed by atoms with E-state index in [0.717, 1.165) is 0 Å². The van der Waals surface area contributed by atoms with Crippen molar-refractivity contribution in [1.29, 1.82) is 0 Å². The van der Waals surface area contributed by atoms with Gasteiger partial charge in [0.1, 0.15) is 6.54 Å². The number of carbonyl (C=O) groups excluding carboxylic acids is 1. The minimum Gasteiger partial charge on any atom is -0.325 e. The highest BCUT2D eigenvalue weighted by atomic mass is 16.1. The Hall–Kier alpha value is -1.23. The Bertz CT molecular complexity index is 306. The fourth-order valence-electron chi connectivity index (χ4n) is 1.21. The van der Waals surface area contributed by atoms with Crippen molar-refractivity contribution in [2.75, 3.05) is 0 Å². The van der Waals surface area contributed by atoms with Crippen molar-refractivity contribution >= 4 is 5.78 Å². The number of carbonyl (C=O) groups is 1. The molecule has 1 rings (SSSR count). The number of rotatable bonds is 5. The molecule has 0 aliphatic heterocycles. The Morgan fingerprint density at radius 2 is 2.36 bits per heavy atom. The van der Waals surface area contributed by atoms with E-state index >= 15 is 0 Å². The highest BCUT2D eigenvalue weighted by Gasteiger charge is 2.07. The molecule has 1 heterocycles. The molecule has 14 heavy (non-hydrogen) atoms. The molecule has 0 atom stereocenters. The predicted octanol–water partition coefficient (Wildman–Crippen LogP) is 0.352. The number of Topliss-reactive ketones (excluding diaryl/α,β-unsaturated/α-hetero) is 1. The van der Waals surface area contributed by atoms with Crippen molar-refractivity contribution in [3.63, 3.8) is 0 Å². The van der Waals surface area contributed by atoms with E-state index in [0.29, 0.717) is 31.1 Å². The lowest BCUT2D eigenvalue weighted by Crippen LogP contribution is -2.12. The molecule has 0 amide bonds. The van der Waals surface area contributed by atoms with E-state index in [4.69, 9.17) is 5.73 Å². The first-order valence-electron chi connectivity index (χ1n) is 4.72. The van der Waals surface area contributed by atoms with Gasteiger partial charge in [0.15, 0.2) is 5.78 Å². The highest BCUT2D eigenvalue weighted by Crippen LogP contribution is 2.01. The largest absolute Gasteiger partial charge is 0.325 e. The Kier molecular flexibility index (Phi) is 3.76. The molecule has 0 bridgehead atoms. The third kappa shape index (κ3) is 3.26. The van der Waals surface area contributed by atoms with Gasteiger partial charge < -0.3 is 5.73 Å². The lowest BCUT2D eigenvalue weighted by atomic mass is 10.1. The van der Waals surface area contributed by atoms with E-state index in [1.54, 1.807) is 6.20 Å². The molecular weight excluding hydrogens is 180 g/mol. The predicted molar refractivity (Wildman–Crippen MR) is 52.4 cm³/mol. The molecule has 2 N–H and O–H groups in total. The van der Waals surface area contributed by atoms with Gasteiger partial charge in [0.05, 0.1) is 11.9 Å². The molecule has 5 nitrogen and oxygen atoms in total. The summed E-state index contributed by atoms with van der Waals surface area (Å²) in [6, 6.07) is 0. The third-order valence-corrected chi connectivity index (χ3v) is 1.77. The van der Waals surface area contributed by atoms with Gasteiger partial charge in [0, 0.05) is 13.0 Å². The van der Waals surface area contributed by atoms with E-state index in [2.05, 4.69) is 10.3 Å². The smallest absolute Gasteiger partial charge is 0.154 e. The number of hydrogen-bond donors (Lipinski definition) is 1. The maximum Gasteiger partial charge on any atom is 0.154 e. The van der Waals surface area contributed by atoms with Gasteiger partial charge >= 0.3 is 0 Å². The fourth-order valence-corrected chi connectivity index (χ4v) is 1.21. The van der Waals surface area contributed by atoms with Crippen molar-refractivity contribution in [2.45, 2.75) is 33.4 Å². The molecule has 78 valence electrons. The van der Waals surface area contributed by atoms with Crippen molar-refractivity contribution in [3.05, 3.63) is 11.9 Å². The van der Waals surface area contributed by atoms with Crippen molar-refractivity contribution in [1.82, 2.24) is 15.0 Å². The van der Waals surface area contributed by atoms with Gasteiger partial charge in [-0.15, -0.1) is 5.10 Å². The van der Waals surface area contributed by atoms with Crippen molar-refractivity contribution in [2.24, 2.45) is 11.7 Å². The standard InChI is InChI=1S/C9H16N4O/c1-7(2)3-9(14)6-13-5-8(4-10)11-12-13/h5,7H,3-4,6,10H2,1-2H3. The van der Waals surface area contributed by atoms with Crippen LogP contribution in [0.5, 0.6) is 0 Å². The van der Waals surface area contributed by atoms with Gasteiger partial charge in [-0.2, -0.15) is 0 Å². The third-order valence-electron chi connectivity index (χ3n) is 1.77. The zero-order chi connectivity index (χ0) is 10.6. The van der Waals surface area contributed by atoms with Gasteiger partial charge in [0.25, 0.3) is 0 Å². The van der Waals surface area contributed by atoms with Crippen LogP contribution in [0, 0.1) is 5.92 Å². The quantitative estimate of drug-likeness (QED) is 0.737. The first-order valence-corrected chi connectivity index (χ1v) is 4.72. The summed E-state index contributed by atoms with van der Waals surface area (Å²) in [6.07, 6.45) is 2.29. The van der Waals surface area contributed by atoms with Crippen LogP contribution >= 0.6 is 0 Å². The van der Waals surface area contributed by atoms with Crippen LogP contribution in [0.2, 0.25) is 0 Å². The van der Waals surface area contributed by atoms with Gasteiger partial charge in [-0.1, -0.05) is 19.1 Å². The Morgan fingerprint density at radius 3 is 2.86 bits per heavy atom. The number of ketones is 1. The molecule has 0 aliphatic carbocycles. The van der Waals surface area contributed by atoms with Crippen LogP contribution < -0.4 is 5.73 Å². The molecular formula is C9H16N4O. The van der Waals surface area contributed by atoms with Crippen molar-refractivity contribution in [3.8, 4) is 0 Å². The average Bonchev–Trinajstić information content (AvgIpc) is 2.50. The molecule has 1 aromatic rings. The molecule has 0 unspecified atom stereocenters. The Balaban J connectivity index is 2.47. The Labute approximate surface area is 83.3 Å². The lowest BCUT2D eigenvalue weighted by Gasteiger charge is -2.02. The van der Waals surface area contributed by atoms with Crippen LogP contribution in [0.1, 0.15) is 26.0 Å². The maximum absolute atomic E-state index is 11.4. The summed E-state index contributed by atoms with van der Waals surface area (Å²) >= 11 is 0. The summed E-state index contributed by atoms with van der Waals surface area (Å²) in [6.45, 7) is 4.69. The van der Waals surface area contributed by atoms with Crippen molar-refractivity contribution < 1.29 is 4.79 Å². The van der Waals surface area contributed by atoms with Crippen LogP contribution in [0.25, 0.3) is 0 Å². The second-order valence-corrected chi connectivity index (χ2v) is 3.75. The van der Waals surface area contributed by atoms with E-state index in [-0.39, 0.29) is 5.78 Å². The molecule has 5 heteroatoms. The average molecular weight is 196 g/mol. The molecule has 1 aromatic heterocycles. The monoisotopic (exact) mass is 196 g/mol. The number of hydrogen-bond acceptors (Lipinski definition) is 4. The van der Waals surface area contributed by atoms with Crippen LogP contribution in [0.3, 0.4) is 0 Å². The molecule has 0 fully saturated rings. The molecule has 0 aromatic carbocycles. The van der Waals surface area contributed by atoms with Crippen LogP contribution in [0.4, 0.5) is 0 Å². The van der Waals surface area contributed by atoms with E-state index < -0.39 is 0 Å². The summed E-state index contributed by atoms with van der Waals surface area (Å²) in [5, 5.41) is 7.60. The van der Waals surface area contributed by atoms with Gasteiger partial charge in [-0.3, -0.25) is 4.79 Å². The number of nitrogens with two attached hydrogens (primary N) is 1. The molecule has 0 spiro atoms. The summed E-state index contributed by atoms with van der Waals surface area (Å²) in [4.78, 5) is 11.4. The summed E-state index contributed by atoms with van der Waals surface area (Å²) in [7, 11) is 0. The molecule has 0 aliphatic rings.